The Morgan fingerprint density at radius 2 is 2.45 bits per heavy atom. The van der Waals surface area contributed by atoms with Crippen molar-refractivity contribution in [3.63, 3.8) is 0 Å². The number of hydrogen-bond donors (Lipinski definition) is 1. The third kappa shape index (κ3) is 3.08. The summed E-state index contributed by atoms with van der Waals surface area (Å²) < 4.78 is 27.8. The largest absolute Gasteiger partial charge is 0.360 e. The molecule has 3 nitrogen and oxygen atoms in total. The summed E-state index contributed by atoms with van der Waals surface area (Å²) in [4.78, 5) is 0. The van der Waals surface area contributed by atoms with Gasteiger partial charge in [0, 0.05) is 6.07 Å². The van der Waals surface area contributed by atoms with Crippen LogP contribution in [0.3, 0.4) is 0 Å². The number of rotatable bonds is 4. The lowest BCUT2D eigenvalue weighted by Crippen LogP contribution is -2.20. The fraction of sp³-hybridized carbons (Fsp3) is 0.500. The summed E-state index contributed by atoms with van der Waals surface area (Å²) >= 11 is 0. The zero-order chi connectivity index (χ0) is 8.10. The molecule has 0 saturated heterocycles. The van der Waals surface area contributed by atoms with E-state index in [1.807, 2.05) is 0 Å². The number of nitrogens with zero attached hydrogens (tertiary/aromatic N) is 1. The van der Waals surface area contributed by atoms with E-state index in [9.17, 15) is 8.78 Å². The normalized spacial score (nSPS) is 10.8. The van der Waals surface area contributed by atoms with Crippen LogP contribution >= 0.6 is 0 Å². The molecule has 0 radical (unpaired) electrons. The minimum absolute atomic E-state index is 0.296. The number of nitrogens with one attached hydrogen (secondary N) is 1. The van der Waals surface area contributed by atoms with Crippen LogP contribution in [-0.4, -0.2) is 18.1 Å². The van der Waals surface area contributed by atoms with Crippen molar-refractivity contribution in [2.45, 2.75) is 13.0 Å². The maximum atomic E-state index is 11.6. The van der Waals surface area contributed by atoms with E-state index in [1.54, 1.807) is 6.07 Å². The summed E-state index contributed by atoms with van der Waals surface area (Å²) in [6.45, 7) is -0.0228. The second-order valence-corrected chi connectivity index (χ2v) is 2.00. The van der Waals surface area contributed by atoms with Gasteiger partial charge in [-0.25, -0.2) is 8.78 Å². The van der Waals surface area contributed by atoms with Crippen LogP contribution in [0, 0.1) is 0 Å². The third-order valence-electron chi connectivity index (χ3n) is 1.09. The molecule has 1 heterocycles. The smallest absolute Gasteiger partial charge is 0.250 e. The Kier molecular flexibility index (Phi) is 2.97. The molecule has 0 aliphatic carbocycles. The summed E-state index contributed by atoms with van der Waals surface area (Å²) in [5.74, 6) is 0.561. The third-order valence-corrected chi connectivity index (χ3v) is 1.09. The van der Waals surface area contributed by atoms with Crippen molar-refractivity contribution >= 4 is 0 Å². The predicted octanol–water partition coefficient (Wildman–Crippen LogP) is 1.03. The van der Waals surface area contributed by atoms with E-state index in [1.165, 1.54) is 6.20 Å². The summed E-state index contributed by atoms with van der Waals surface area (Å²) in [6.07, 6.45) is -0.850. The van der Waals surface area contributed by atoms with Gasteiger partial charge in [0.25, 0.3) is 6.43 Å². The Bertz CT molecular complexity index is 188. The van der Waals surface area contributed by atoms with Gasteiger partial charge in [0.1, 0.15) is 5.76 Å². The van der Waals surface area contributed by atoms with E-state index in [0.717, 1.165) is 0 Å². The lowest BCUT2D eigenvalue weighted by Gasteiger charge is -1.98. The molecule has 0 aromatic carbocycles. The first-order chi connectivity index (χ1) is 5.29. The van der Waals surface area contributed by atoms with E-state index in [0.29, 0.717) is 12.3 Å². The van der Waals surface area contributed by atoms with Gasteiger partial charge in [-0.3, -0.25) is 0 Å². The Labute approximate surface area is 62.4 Å². The SMILES string of the molecule is FC(F)CNCc1ccno1. The van der Waals surface area contributed by atoms with Crippen molar-refractivity contribution in [1.29, 1.82) is 0 Å². The highest BCUT2D eigenvalue weighted by atomic mass is 19.3. The van der Waals surface area contributed by atoms with Gasteiger partial charge in [0.05, 0.1) is 19.3 Å². The van der Waals surface area contributed by atoms with Crippen molar-refractivity contribution in [2.24, 2.45) is 0 Å². The quantitative estimate of drug-likeness (QED) is 0.718. The average molecular weight is 162 g/mol. The standard InChI is InChI=1S/C6H8F2N2O/c7-6(8)4-9-3-5-1-2-10-11-5/h1-2,6,9H,3-4H2. The molecule has 11 heavy (non-hydrogen) atoms. The lowest BCUT2D eigenvalue weighted by atomic mass is 10.4. The summed E-state index contributed by atoms with van der Waals surface area (Å²) in [5, 5.41) is 5.92. The molecular formula is C6H8F2N2O. The molecule has 0 aliphatic heterocycles. The van der Waals surface area contributed by atoms with E-state index < -0.39 is 6.43 Å². The lowest BCUT2D eigenvalue weighted by molar-refractivity contribution is 0.144. The molecular weight excluding hydrogens is 154 g/mol. The fourth-order valence-electron chi connectivity index (χ4n) is 0.638. The number of hydrogen-bond acceptors (Lipinski definition) is 3. The molecule has 0 saturated carbocycles. The zero-order valence-electron chi connectivity index (χ0n) is 5.76. The van der Waals surface area contributed by atoms with Gasteiger partial charge in [0.2, 0.25) is 0 Å². The fourth-order valence-corrected chi connectivity index (χ4v) is 0.638. The minimum atomic E-state index is -2.32. The molecule has 5 heteroatoms. The molecule has 1 aromatic rings. The number of alkyl halides is 2. The summed E-state index contributed by atoms with van der Waals surface area (Å²) in [6, 6.07) is 1.62. The molecule has 0 spiro atoms. The van der Waals surface area contributed by atoms with Crippen molar-refractivity contribution in [2.75, 3.05) is 6.54 Å². The first-order valence-corrected chi connectivity index (χ1v) is 3.17. The van der Waals surface area contributed by atoms with Gasteiger partial charge in [-0.1, -0.05) is 5.16 Å². The number of aromatic nitrogens is 1. The van der Waals surface area contributed by atoms with Crippen molar-refractivity contribution < 1.29 is 13.3 Å². The maximum Gasteiger partial charge on any atom is 0.250 e. The minimum Gasteiger partial charge on any atom is -0.360 e. The highest BCUT2D eigenvalue weighted by Crippen LogP contribution is 1.95. The van der Waals surface area contributed by atoms with Crippen LogP contribution in [0.2, 0.25) is 0 Å². The first kappa shape index (κ1) is 8.13. The second kappa shape index (κ2) is 4.02. The van der Waals surface area contributed by atoms with Crippen molar-refractivity contribution in [3.05, 3.63) is 18.0 Å². The van der Waals surface area contributed by atoms with E-state index in [2.05, 4.69) is 15.0 Å². The van der Waals surface area contributed by atoms with Gasteiger partial charge in [-0.15, -0.1) is 0 Å². The van der Waals surface area contributed by atoms with Gasteiger partial charge in [-0.2, -0.15) is 0 Å². The molecule has 0 aliphatic rings. The molecule has 0 amide bonds. The van der Waals surface area contributed by atoms with Gasteiger partial charge >= 0.3 is 0 Å². The van der Waals surface area contributed by atoms with Crippen LogP contribution < -0.4 is 5.32 Å². The summed E-state index contributed by atoms with van der Waals surface area (Å²) in [7, 11) is 0. The van der Waals surface area contributed by atoms with E-state index in [-0.39, 0.29) is 6.54 Å². The monoisotopic (exact) mass is 162 g/mol. The van der Waals surface area contributed by atoms with Crippen LogP contribution in [0.1, 0.15) is 5.76 Å². The summed E-state index contributed by atoms with van der Waals surface area (Å²) in [5.41, 5.74) is 0. The topological polar surface area (TPSA) is 38.1 Å². The second-order valence-electron chi connectivity index (χ2n) is 2.00. The maximum absolute atomic E-state index is 11.6. The molecule has 0 atom stereocenters. The van der Waals surface area contributed by atoms with Crippen LogP contribution in [-0.2, 0) is 6.54 Å². The first-order valence-electron chi connectivity index (χ1n) is 3.17. The molecule has 1 aromatic heterocycles. The predicted molar refractivity (Wildman–Crippen MR) is 34.2 cm³/mol. The van der Waals surface area contributed by atoms with Crippen LogP contribution in [0.5, 0.6) is 0 Å². The molecule has 0 bridgehead atoms. The van der Waals surface area contributed by atoms with Gasteiger partial charge < -0.3 is 9.84 Å². The van der Waals surface area contributed by atoms with Crippen molar-refractivity contribution in [1.82, 2.24) is 10.5 Å². The van der Waals surface area contributed by atoms with Crippen LogP contribution in [0.4, 0.5) is 8.78 Å². The molecule has 1 N–H and O–H groups in total. The average Bonchev–Trinajstić information content (AvgIpc) is 2.39. The highest BCUT2D eigenvalue weighted by molar-refractivity contribution is 4.91. The Hall–Kier alpha value is -0.970. The van der Waals surface area contributed by atoms with Gasteiger partial charge in [-0.05, 0) is 0 Å². The molecule has 0 unspecified atom stereocenters. The Balaban J connectivity index is 2.14. The van der Waals surface area contributed by atoms with Crippen LogP contribution in [0.15, 0.2) is 16.8 Å². The number of halogens is 2. The van der Waals surface area contributed by atoms with Crippen LogP contribution in [0.25, 0.3) is 0 Å². The molecule has 0 fully saturated rings. The van der Waals surface area contributed by atoms with Crippen molar-refractivity contribution in [3.8, 4) is 0 Å². The molecule has 62 valence electrons. The Morgan fingerprint density at radius 1 is 1.64 bits per heavy atom. The highest BCUT2D eigenvalue weighted by Gasteiger charge is 2.01. The van der Waals surface area contributed by atoms with E-state index >= 15 is 0 Å². The molecule has 1 rings (SSSR count). The Morgan fingerprint density at radius 3 is 3.00 bits per heavy atom. The zero-order valence-corrected chi connectivity index (χ0v) is 5.76. The van der Waals surface area contributed by atoms with Gasteiger partial charge in [0.15, 0.2) is 0 Å². The van der Waals surface area contributed by atoms with E-state index in [4.69, 9.17) is 0 Å².